The molecule has 40 heavy (non-hydrogen) atoms. The van der Waals surface area contributed by atoms with Gasteiger partial charge in [0.15, 0.2) is 6.29 Å². The summed E-state index contributed by atoms with van der Waals surface area (Å²) in [5.74, 6) is -0.783. The number of carboxylic acid groups (broad SMARTS) is 1. The van der Waals surface area contributed by atoms with Gasteiger partial charge in [-0.1, -0.05) is 54.6 Å². The third kappa shape index (κ3) is 6.75. The third-order valence-electron chi connectivity index (χ3n) is 6.48. The maximum atomic E-state index is 12.7. The average molecular weight is 557 g/mol. The zero-order chi connectivity index (χ0) is 27.9. The zero-order valence-corrected chi connectivity index (χ0v) is 22.3. The molecule has 4 aromatic rings. The standard InChI is InChI=1S/C31H28N2O6S/c34-18-20-11-13-21(14-12-20)27-17-25(19-40-29-26(30(36)37)10-5-15-32-29)38-31(39-27)23-8-4-9-24(16-23)33-28(35)22-6-2-1-3-7-22/h1-16,25,27,31,34H,17-19H2,(H,33,35)(H,36,37). The van der Waals surface area contributed by atoms with Crippen molar-refractivity contribution in [1.29, 1.82) is 0 Å². The van der Waals surface area contributed by atoms with Crippen LogP contribution in [0, 0.1) is 0 Å². The van der Waals surface area contributed by atoms with Gasteiger partial charge in [0.25, 0.3) is 5.91 Å². The summed E-state index contributed by atoms with van der Waals surface area (Å²) in [4.78, 5) is 28.6. The molecule has 1 aliphatic rings. The van der Waals surface area contributed by atoms with Gasteiger partial charge in [-0.25, -0.2) is 9.78 Å². The van der Waals surface area contributed by atoms with Crippen LogP contribution in [0.5, 0.6) is 0 Å². The highest BCUT2D eigenvalue weighted by Crippen LogP contribution is 2.40. The number of anilines is 1. The first kappa shape index (κ1) is 27.5. The molecule has 0 saturated carbocycles. The molecule has 1 amide bonds. The van der Waals surface area contributed by atoms with Gasteiger partial charge in [-0.05, 0) is 47.5 Å². The first-order chi connectivity index (χ1) is 19.5. The Morgan fingerprint density at radius 2 is 1.73 bits per heavy atom. The summed E-state index contributed by atoms with van der Waals surface area (Å²) in [6.45, 7) is -0.0473. The maximum absolute atomic E-state index is 12.7. The number of carbonyl (C=O) groups is 2. The minimum Gasteiger partial charge on any atom is -0.478 e. The van der Waals surface area contributed by atoms with Gasteiger partial charge >= 0.3 is 5.97 Å². The Labute approximate surface area is 236 Å². The van der Waals surface area contributed by atoms with E-state index in [1.807, 2.05) is 60.7 Å². The van der Waals surface area contributed by atoms with Gasteiger partial charge in [0.2, 0.25) is 0 Å². The van der Waals surface area contributed by atoms with Crippen molar-refractivity contribution < 1.29 is 29.3 Å². The number of carboxylic acids is 1. The molecule has 0 aliphatic carbocycles. The zero-order valence-electron chi connectivity index (χ0n) is 21.5. The molecule has 8 nitrogen and oxygen atoms in total. The molecule has 204 valence electrons. The summed E-state index contributed by atoms with van der Waals surface area (Å²) in [6.07, 6.45) is 0.808. The number of pyridine rings is 1. The number of thioether (sulfide) groups is 1. The SMILES string of the molecule is O=C(Nc1cccc(C2OC(CSc3ncccc3C(=O)O)CC(c3ccc(CO)cc3)O2)c1)c1ccccc1. The highest BCUT2D eigenvalue weighted by atomic mass is 32.2. The molecule has 0 radical (unpaired) electrons. The van der Waals surface area contributed by atoms with E-state index in [1.54, 1.807) is 30.5 Å². The van der Waals surface area contributed by atoms with Crippen LogP contribution in [0.1, 0.15) is 56.2 Å². The first-order valence-electron chi connectivity index (χ1n) is 12.8. The highest BCUT2D eigenvalue weighted by molar-refractivity contribution is 7.99. The number of hydrogen-bond acceptors (Lipinski definition) is 7. The lowest BCUT2D eigenvalue weighted by Crippen LogP contribution is -2.31. The number of rotatable bonds is 9. The van der Waals surface area contributed by atoms with E-state index in [2.05, 4.69) is 10.3 Å². The number of ether oxygens (including phenoxy) is 2. The second-order valence-electron chi connectivity index (χ2n) is 9.27. The topological polar surface area (TPSA) is 118 Å². The smallest absolute Gasteiger partial charge is 0.338 e. The van der Waals surface area contributed by atoms with Crippen molar-refractivity contribution in [2.24, 2.45) is 0 Å². The van der Waals surface area contributed by atoms with Gasteiger partial charge in [0.05, 0.1) is 24.4 Å². The number of aromatic carboxylic acids is 1. The second kappa shape index (κ2) is 12.9. The van der Waals surface area contributed by atoms with Crippen LogP contribution >= 0.6 is 11.8 Å². The fourth-order valence-corrected chi connectivity index (χ4v) is 5.42. The van der Waals surface area contributed by atoms with Crippen LogP contribution in [0.4, 0.5) is 5.69 Å². The van der Waals surface area contributed by atoms with Gasteiger partial charge in [-0.3, -0.25) is 4.79 Å². The number of amides is 1. The lowest BCUT2D eigenvalue weighted by molar-refractivity contribution is -0.245. The molecule has 1 fully saturated rings. The number of nitrogens with zero attached hydrogens (tertiary/aromatic N) is 1. The lowest BCUT2D eigenvalue weighted by atomic mass is 10.0. The van der Waals surface area contributed by atoms with Crippen LogP contribution in [-0.2, 0) is 16.1 Å². The van der Waals surface area contributed by atoms with Crippen molar-refractivity contribution in [3.63, 3.8) is 0 Å². The van der Waals surface area contributed by atoms with Crippen LogP contribution < -0.4 is 5.32 Å². The largest absolute Gasteiger partial charge is 0.478 e. The number of aliphatic hydroxyl groups is 1. The Hall–Kier alpha value is -4.02. The molecule has 1 aromatic heterocycles. The number of aromatic nitrogens is 1. The molecule has 1 saturated heterocycles. The molecule has 0 bridgehead atoms. The van der Waals surface area contributed by atoms with Gasteiger partial charge in [0, 0.05) is 35.2 Å². The minimum absolute atomic E-state index is 0.0473. The third-order valence-corrected chi connectivity index (χ3v) is 7.61. The van der Waals surface area contributed by atoms with Gasteiger partial charge in [0.1, 0.15) is 5.03 Å². The molecule has 0 spiro atoms. The van der Waals surface area contributed by atoms with E-state index >= 15 is 0 Å². The summed E-state index contributed by atoms with van der Waals surface area (Å²) in [5.41, 5.74) is 3.79. The van der Waals surface area contributed by atoms with Crippen molar-refractivity contribution in [3.05, 3.63) is 125 Å². The van der Waals surface area contributed by atoms with Gasteiger partial charge < -0.3 is 25.0 Å². The molecule has 3 N–H and O–H groups in total. The van der Waals surface area contributed by atoms with Crippen LogP contribution in [0.2, 0.25) is 0 Å². The molecule has 5 rings (SSSR count). The molecule has 3 aromatic carbocycles. The Kier molecular flexibility index (Phi) is 8.87. The second-order valence-corrected chi connectivity index (χ2v) is 10.3. The van der Waals surface area contributed by atoms with Crippen molar-refractivity contribution in [2.75, 3.05) is 11.1 Å². The Morgan fingerprint density at radius 3 is 2.48 bits per heavy atom. The van der Waals surface area contributed by atoms with Crippen molar-refractivity contribution >= 4 is 29.3 Å². The van der Waals surface area contributed by atoms with Crippen molar-refractivity contribution in [2.45, 2.75) is 36.6 Å². The molecule has 3 atom stereocenters. The van der Waals surface area contributed by atoms with Gasteiger partial charge in [-0.2, -0.15) is 0 Å². The van der Waals surface area contributed by atoms with E-state index in [-0.39, 0.29) is 30.3 Å². The number of nitrogens with one attached hydrogen (secondary N) is 1. The van der Waals surface area contributed by atoms with Gasteiger partial charge in [-0.15, -0.1) is 11.8 Å². The maximum Gasteiger partial charge on any atom is 0.338 e. The normalized spacial score (nSPS) is 18.7. The Bertz CT molecular complexity index is 1460. The van der Waals surface area contributed by atoms with Crippen LogP contribution in [-0.4, -0.2) is 38.9 Å². The highest BCUT2D eigenvalue weighted by Gasteiger charge is 2.33. The van der Waals surface area contributed by atoms with Crippen LogP contribution in [0.3, 0.4) is 0 Å². The molecule has 9 heteroatoms. The summed E-state index contributed by atoms with van der Waals surface area (Å²) in [7, 11) is 0. The summed E-state index contributed by atoms with van der Waals surface area (Å²) in [5, 5.41) is 22.3. The summed E-state index contributed by atoms with van der Waals surface area (Å²) < 4.78 is 12.8. The summed E-state index contributed by atoms with van der Waals surface area (Å²) >= 11 is 1.33. The van der Waals surface area contributed by atoms with E-state index in [1.165, 1.54) is 17.8 Å². The van der Waals surface area contributed by atoms with Crippen LogP contribution in [0.15, 0.2) is 102 Å². The van der Waals surface area contributed by atoms with E-state index in [4.69, 9.17) is 9.47 Å². The summed E-state index contributed by atoms with van der Waals surface area (Å²) in [6, 6.07) is 27.0. The first-order valence-corrected chi connectivity index (χ1v) is 13.8. The number of benzene rings is 3. The average Bonchev–Trinajstić information content (AvgIpc) is 3.00. The number of aliphatic hydroxyl groups excluding tert-OH is 1. The molecule has 2 heterocycles. The molecular formula is C31H28N2O6S. The van der Waals surface area contributed by atoms with E-state index in [9.17, 15) is 19.8 Å². The fraction of sp³-hybridized carbons (Fsp3) is 0.194. The minimum atomic E-state index is -1.03. The fourth-order valence-electron chi connectivity index (χ4n) is 4.42. The lowest BCUT2D eigenvalue weighted by Gasteiger charge is -2.36. The van der Waals surface area contributed by atoms with Crippen molar-refractivity contribution in [3.8, 4) is 0 Å². The van der Waals surface area contributed by atoms with Crippen LogP contribution in [0.25, 0.3) is 0 Å². The van der Waals surface area contributed by atoms with E-state index in [0.717, 1.165) is 16.7 Å². The Morgan fingerprint density at radius 1 is 0.925 bits per heavy atom. The molecular weight excluding hydrogens is 528 g/mol. The predicted octanol–water partition coefficient (Wildman–Crippen LogP) is 5.86. The number of carbonyl (C=O) groups excluding carboxylic acids is 1. The van der Waals surface area contributed by atoms with E-state index < -0.39 is 12.3 Å². The van der Waals surface area contributed by atoms with E-state index in [0.29, 0.717) is 28.5 Å². The monoisotopic (exact) mass is 556 g/mol. The van der Waals surface area contributed by atoms with Crippen molar-refractivity contribution in [1.82, 2.24) is 4.98 Å². The molecule has 3 unspecified atom stereocenters. The number of hydrogen-bond donors (Lipinski definition) is 3. The molecule has 1 aliphatic heterocycles. The predicted molar refractivity (Wildman–Crippen MR) is 151 cm³/mol. The Balaban J connectivity index is 1.37. The quantitative estimate of drug-likeness (QED) is 0.219.